The van der Waals surface area contributed by atoms with Crippen LogP contribution in [0, 0.1) is 0 Å². The van der Waals surface area contributed by atoms with Gasteiger partial charge in [0.1, 0.15) is 0 Å². The van der Waals surface area contributed by atoms with Crippen molar-refractivity contribution in [1.29, 1.82) is 0 Å². The van der Waals surface area contributed by atoms with Gasteiger partial charge in [-0.15, -0.1) is 0 Å². The van der Waals surface area contributed by atoms with Crippen molar-refractivity contribution in [1.82, 2.24) is 5.27 Å². The molecule has 7 nitrogen and oxygen atoms in total. The maximum Gasteiger partial charge on any atom is 0.437 e. The van der Waals surface area contributed by atoms with Gasteiger partial charge in [-0.3, -0.25) is 4.52 Å². The largest absolute Gasteiger partial charge is 0.437 e. The van der Waals surface area contributed by atoms with Gasteiger partial charge in [-0.05, 0) is 16.9 Å². The molecule has 7 heteroatoms. The summed E-state index contributed by atoms with van der Waals surface area (Å²) in [5.41, 5.74) is 0.486. The van der Waals surface area contributed by atoms with Crippen molar-refractivity contribution in [3.63, 3.8) is 0 Å². The van der Waals surface area contributed by atoms with Gasteiger partial charge in [-0.25, -0.2) is 9.59 Å². The number of carbonyl (C=O) groups excluding carboxylic acids is 1. The van der Waals surface area contributed by atoms with Crippen LogP contribution in [0.1, 0.15) is 19.5 Å². The number of aromatic amines is 1. The molecule has 0 spiro atoms. The summed E-state index contributed by atoms with van der Waals surface area (Å²) in [4.78, 5) is 26.9. The third-order valence-electron chi connectivity index (χ3n) is 2.31. The first-order chi connectivity index (χ1) is 9.09. The summed E-state index contributed by atoms with van der Waals surface area (Å²) in [6.45, 7) is 2.77. The topological polar surface area (TPSA) is 88.5 Å². The Kier molecular flexibility index (Phi) is 3.56. The Balaban J connectivity index is 2.47. The molecule has 0 aliphatic carbocycles. The Bertz CT molecular complexity index is 670. The van der Waals surface area contributed by atoms with E-state index in [4.69, 9.17) is 4.52 Å². The lowest BCUT2D eigenvalue weighted by atomic mass is 10.3. The van der Waals surface area contributed by atoms with Gasteiger partial charge >= 0.3 is 17.3 Å². The second-order valence-electron chi connectivity index (χ2n) is 3.76. The van der Waals surface area contributed by atoms with Gasteiger partial charge in [-0.1, -0.05) is 23.4 Å². The SMILES string of the molecule is CC(=O)ON=C(C)c1c(=O)o[nH][n+]1-c1ccccc1. The Labute approximate surface area is 108 Å². The lowest BCUT2D eigenvalue weighted by Crippen LogP contribution is -2.40. The first-order valence-electron chi connectivity index (χ1n) is 5.51. The highest BCUT2D eigenvalue weighted by molar-refractivity contribution is 5.95. The number of hydrogen-bond donors (Lipinski definition) is 1. The van der Waals surface area contributed by atoms with Crippen LogP contribution in [-0.2, 0) is 9.63 Å². The van der Waals surface area contributed by atoms with E-state index in [1.165, 1.54) is 11.6 Å². The third-order valence-corrected chi connectivity index (χ3v) is 2.31. The minimum absolute atomic E-state index is 0.160. The second kappa shape index (κ2) is 5.30. The van der Waals surface area contributed by atoms with Crippen LogP contribution in [0.15, 0.2) is 44.8 Å². The number of hydrogen-bond acceptors (Lipinski definition) is 5. The summed E-state index contributed by atoms with van der Waals surface area (Å²) < 4.78 is 6.16. The molecule has 2 aromatic rings. The van der Waals surface area contributed by atoms with Gasteiger partial charge in [0, 0.05) is 19.1 Å². The van der Waals surface area contributed by atoms with Crippen LogP contribution in [0.4, 0.5) is 0 Å². The fraction of sp³-hybridized carbons (Fsp3) is 0.167. The number of oxime groups is 1. The van der Waals surface area contributed by atoms with E-state index < -0.39 is 11.6 Å². The molecule has 0 fully saturated rings. The van der Waals surface area contributed by atoms with Crippen molar-refractivity contribution in [2.45, 2.75) is 13.8 Å². The number of benzene rings is 1. The Morgan fingerprint density at radius 2 is 2.00 bits per heavy atom. The van der Waals surface area contributed by atoms with Gasteiger partial charge in [0.05, 0.1) is 0 Å². The Hall–Kier alpha value is -2.70. The molecule has 0 bridgehead atoms. The summed E-state index contributed by atoms with van der Waals surface area (Å²) in [5, 5.41) is 6.05. The minimum atomic E-state index is -0.600. The van der Waals surface area contributed by atoms with E-state index in [0.29, 0.717) is 5.69 Å². The zero-order valence-corrected chi connectivity index (χ0v) is 10.4. The number of nitrogens with one attached hydrogen (secondary N) is 1. The number of nitrogens with zero attached hydrogens (tertiary/aromatic N) is 2. The van der Waals surface area contributed by atoms with Crippen molar-refractivity contribution in [3.8, 4) is 5.69 Å². The summed E-state index contributed by atoms with van der Waals surface area (Å²) in [7, 11) is 0. The van der Waals surface area contributed by atoms with Crippen molar-refractivity contribution in [2.75, 3.05) is 0 Å². The number of aromatic nitrogens is 2. The van der Waals surface area contributed by atoms with Gasteiger partial charge in [0.15, 0.2) is 5.71 Å². The van der Waals surface area contributed by atoms with Crippen LogP contribution in [0.2, 0.25) is 0 Å². The molecule has 1 heterocycles. The minimum Gasteiger partial charge on any atom is -0.318 e. The zero-order chi connectivity index (χ0) is 13.8. The molecule has 1 aromatic heterocycles. The highest BCUT2D eigenvalue weighted by Gasteiger charge is 2.26. The quantitative estimate of drug-likeness (QED) is 0.378. The molecular weight excluding hydrogens is 250 g/mol. The third kappa shape index (κ3) is 2.76. The molecule has 0 radical (unpaired) electrons. The fourth-order valence-corrected chi connectivity index (χ4v) is 1.52. The van der Waals surface area contributed by atoms with Crippen molar-refractivity contribution in [3.05, 3.63) is 46.4 Å². The molecular formula is C12H12N3O4+. The van der Waals surface area contributed by atoms with E-state index in [1.807, 2.05) is 18.2 Å². The van der Waals surface area contributed by atoms with E-state index in [-0.39, 0.29) is 11.4 Å². The van der Waals surface area contributed by atoms with Gasteiger partial charge in [-0.2, -0.15) is 0 Å². The summed E-state index contributed by atoms with van der Waals surface area (Å²) in [6.07, 6.45) is 0. The maximum absolute atomic E-state index is 11.7. The van der Waals surface area contributed by atoms with Crippen molar-refractivity contribution < 1.29 is 18.8 Å². The summed E-state index contributed by atoms with van der Waals surface area (Å²) in [5.74, 6) is -0.564. The van der Waals surface area contributed by atoms with Crippen LogP contribution in [0.25, 0.3) is 5.69 Å². The van der Waals surface area contributed by atoms with E-state index in [2.05, 4.69) is 15.3 Å². The van der Waals surface area contributed by atoms with Crippen LogP contribution in [0.3, 0.4) is 0 Å². The average Bonchev–Trinajstić information content (AvgIpc) is 2.79. The molecule has 0 aliphatic heterocycles. The van der Waals surface area contributed by atoms with E-state index in [1.54, 1.807) is 19.1 Å². The van der Waals surface area contributed by atoms with E-state index in [0.717, 1.165) is 0 Å². The molecule has 0 aliphatic rings. The van der Waals surface area contributed by atoms with Crippen LogP contribution >= 0.6 is 0 Å². The molecule has 1 N–H and O–H groups in total. The number of H-pyrrole nitrogens is 1. The summed E-state index contributed by atoms with van der Waals surface area (Å²) in [6, 6.07) is 9.05. The normalized spacial score (nSPS) is 11.4. The highest BCUT2D eigenvalue weighted by atomic mass is 16.7. The Morgan fingerprint density at radius 3 is 2.63 bits per heavy atom. The average molecular weight is 262 g/mol. The molecule has 19 heavy (non-hydrogen) atoms. The van der Waals surface area contributed by atoms with Crippen LogP contribution in [0.5, 0.6) is 0 Å². The number of para-hydroxylation sites is 1. The van der Waals surface area contributed by atoms with Gasteiger partial charge < -0.3 is 4.84 Å². The molecule has 0 saturated carbocycles. The molecule has 0 unspecified atom stereocenters. The van der Waals surface area contributed by atoms with E-state index >= 15 is 0 Å². The smallest absolute Gasteiger partial charge is 0.318 e. The summed E-state index contributed by atoms with van der Waals surface area (Å²) >= 11 is 0. The van der Waals surface area contributed by atoms with E-state index in [9.17, 15) is 9.59 Å². The number of rotatable bonds is 3. The monoisotopic (exact) mass is 262 g/mol. The van der Waals surface area contributed by atoms with Crippen molar-refractivity contribution >= 4 is 11.7 Å². The molecule has 1 aromatic carbocycles. The first kappa shape index (κ1) is 12.7. The van der Waals surface area contributed by atoms with Gasteiger partial charge in [0.2, 0.25) is 5.69 Å². The predicted octanol–water partition coefficient (Wildman–Crippen LogP) is 0.532. The molecule has 0 atom stereocenters. The standard InChI is InChI=1S/C12H11N3O4/c1-8(13-18-9(2)16)11-12(17)19-14-15(11)10-6-4-3-5-7-10/h3-7H,1-2H3/p+1. The lowest BCUT2D eigenvalue weighted by Gasteiger charge is -1.94. The fourth-order valence-electron chi connectivity index (χ4n) is 1.52. The first-order valence-corrected chi connectivity index (χ1v) is 5.51. The van der Waals surface area contributed by atoms with Crippen LogP contribution < -0.4 is 10.3 Å². The van der Waals surface area contributed by atoms with Crippen LogP contribution in [-0.4, -0.2) is 17.0 Å². The van der Waals surface area contributed by atoms with Gasteiger partial charge in [0.25, 0.3) is 0 Å². The zero-order valence-electron chi connectivity index (χ0n) is 10.4. The van der Waals surface area contributed by atoms with Crippen molar-refractivity contribution in [2.24, 2.45) is 5.16 Å². The highest BCUT2D eigenvalue weighted by Crippen LogP contribution is 1.99. The molecule has 98 valence electrons. The number of carbonyl (C=O) groups is 1. The predicted molar refractivity (Wildman–Crippen MR) is 64.8 cm³/mol. The maximum atomic E-state index is 11.7. The second-order valence-corrected chi connectivity index (χ2v) is 3.76. The molecule has 0 saturated heterocycles. The lowest BCUT2D eigenvalue weighted by molar-refractivity contribution is -0.671. The molecule has 0 amide bonds. The molecule has 2 rings (SSSR count). The Morgan fingerprint density at radius 1 is 1.32 bits per heavy atom.